The lowest BCUT2D eigenvalue weighted by Gasteiger charge is -2.30. The number of aryl methyl sites for hydroxylation is 1. The molecular formula is C19H25N3O4S. The van der Waals surface area contributed by atoms with Crippen LogP contribution in [0.15, 0.2) is 23.1 Å². The Bertz CT molecular complexity index is 858. The first-order chi connectivity index (χ1) is 12.9. The van der Waals surface area contributed by atoms with Crippen LogP contribution in [0, 0.1) is 0 Å². The van der Waals surface area contributed by atoms with Crippen LogP contribution in [-0.2, 0) is 26.0 Å². The zero-order chi connectivity index (χ0) is 19.0. The summed E-state index contributed by atoms with van der Waals surface area (Å²) in [6.07, 6.45) is 5.62. The van der Waals surface area contributed by atoms with Crippen molar-refractivity contribution in [3.8, 4) is 0 Å². The fourth-order valence-corrected chi connectivity index (χ4v) is 5.34. The van der Waals surface area contributed by atoms with Gasteiger partial charge in [0.2, 0.25) is 21.8 Å². The molecule has 4 rings (SSSR count). The molecule has 8 heteroatoms. The second-order valence-corrected chi connectivity index (χ2v) is 9.51. The maximum absolute atomic E-state index is 12.9. The molecule has 2 fully saturated rings. The number of benzene rings is 1. The minimum atomic E-state index is -3.51. The molecule has 2 amide bonds. The fourth-order valence-electron chi connectivity index (χ4n) is 3.77. The van der Waals surface area contributed by atoms with Gasteiger partial charge in [-0.15, -0.1) is 0 Å². The van der Waals surface area contributed by atoms with Crippen LogP contribution in [0.2, 0.25) is 0 Å². The molecule has 0 aromatic heterocycles. The maximum Gasteiger partial charge on any atom is 0.243 e. The highest BCUT2D eigenvalue weighted by molar-refractivity contribution is 7.89. The van der Waals surface area contributed by atoms with Crippen molar-refractivity contribution in [2.45, 2.75) is 55.9 Å². The number of piperidine rings is 1. The quantitative estimate of drug-likeness (QED) is 0.822. The molecule has 3 aliphatic rings. The first-order valence-corrected chi connectivity index (χ1v) is 11.1. The van der Waals surface area contributed by atoms with Gasteiger partial charge < -0.3 is 10.2 Å². The van der Waals surface area contributed by atoms with Crippen LogP contribution >= 0.6 is 0 Å². The van der Waals surface area contributed by atoms with Gasteiger partial charge in [-0.1, -0.05) is 6.42 Å². The van der Waals surface area contributed by atoms with E-state index in [1.54, 1.807) is 22.5 Å². The summed E-state index contributed by atoms with van der Waals surface area (Å²) < 4.78 is 27.4. The summed E-state index contributed by atoms with van der Waals surface area (Å²) in [6, 6.07) is 5.16. The molecule has 1 saturated carbocycles. The monoisotopic (exact) mass is 391 g/mol. The number of carbonyl (C=O) groups is 2. The summed E-state index contributed by atoms with van der Waals surface area (Å²) in [4.78, 5) is 26.2. The molecule has 1 saturated heterocycles. The summed E-state index contributed by atoms with van der Waals surface area (Å²) in [5, 5.41) is 2.90. The zero-order valence-corrected chi connectivity index (χ0v) is 16.1. The summed E-state index contributed by atoms with van der Waals surface area (Å²) >= 11 is 0. The second kappa shape index (κ2) is 7.24. The number of rotatable bonds is 5. The Kier molecular flexibility index (Phi) is 4.94. The number of carbonyl (C=O) groups excluding carboxylic acids is 2. The number of anilines is 1. The van der Waals surface area contributed by atoms with E-state index < -0.39 is 10.0 Å². The fraction of sp³-hybridized carbons (Fsp3) is 0.579. The molecule has 0 radical (unpaired) electrons. The van der Waals surface area contributed by atoms with Gasteiger partial charge in [-0.3, -0.25) is 9.59 Å². The van der Waals surface area contributed by atoms with Crippen molar-refractivity contribution in [3.63, 3.8) is 0 Å². The molecule has 1 aliphatic carbocycles. The van der Waals surface area contributed by atoms with Crippen molar-refractivity contribution in [1.82, 2.24) is 9.62 Å². The van der Waals surface area contributed by atoms with Gasteiger partial charge in [-0.25, -0.2) is 8.42 Å². The number of sulfonamides is 1. The van der Waals surface area contributed by atoms with E-state index >= 15 is 0 Å². The molecule has 2 heterocycles. The van der Waals surface area contributed by atoms with Crippen LogP contribution in [0.3, 0.4) is 0 Å². The molecule has 27 heavy (non-hydrogen) atoms. The number of hydrogen-bond donors (Lipinski definition) is 1. The molecule has 0 bridgehead atoms. The van der Waals surface area contributed by atoms with Crippen molar-refractivity contribution in [1.29, 1.82) is 0 Å². The molecule has 7 nitrogen and oxygen atoms in total. The highest BCUT2D eigenvalue weighted by Gasteiger charge is 2.31. The average molecular weight is 391 g/mol. The van der Waals surface area contributed by atoms with Gasteiger partial charge in [0, 0.05) is 31.2 Å². The Morgan fingerprint density at radius 2 is 1.85 bits per heavy atom. The normalized spacial score (nSPS) is 21.0. The van der Waals surface area contributed by atoms with Crippen LogP contribution in [0.4, 0.5) is 5.69 Å². The van der Waals surface area contributed by atoms with Crippen molar-refractivity contribution in [3.05, 3.63) is 23.8 Å². The Hall–Kier alpha value is -1.93. The summed E-state index contributed by atoms with van der Waals surface area (Å²) in [5.74, 6) is -0.260. The van der Waals surface area contributed by atoms with Gasteiger partial charge in [0.1, 0.15) is 6.54 Å². The number of nitrogens with zero attached hydrogens (tertiary/aromatic N) is 2. The number of amides is 2. The SMILES string of the molecule is O=C(CN1C(=O)CCc2cc(S(=O)(=O)N3CCCCC3)ccc21)NC1CC1. The number of nitrogens with one attached hydrogen (secondary N) is 1. The van der Waals surface area contributed by atoms with Crippen LogP contribution in [0.25, 0.3) is 0 Å². The first-order valence-electron chi connectivity index (χ1n) is 9.68. The summed E-state index contributed by atoms with van der Waals surface area (Å²) in [7, 11) is -3.51. The lowest BCUT2D eigenvalue weighted by atomic mass is 10.0. The van der Waals surface area contributed by atoms with Gasteiger partial charge >= 0.3 is 0 Å². The predicted octanol–water partition coefficient (Wildman–Crippen LogP) is 1.42. The Balaban J connectivity index is 1.57. The van der Waals surface area contributed by atoms with Crippen LogP contribution < -0.4 is 10.2 Å². The minimum Gasteiger partial charge on any atom is -0.352 e. The largest absolute Gasteiger partial charge is 0.352 e. The second-order valence-electron chi connectivity index (χ2n) is 7.58. The van der Waals surface area contributed by atoms with Gasteiger partial charge in [0.25, 0.3) is 0 Å². The maximum atomic E-state index is 12.9. The number of hydrogen-bond acceptors (Lipinski definition) is 4. The highest BCUT2D eigenvalue weighted by Crippen LogP contribution is 2.31. The van der Waals surface area contributed by atoms with Gasteiger partial charge in [-0.2, -0.15) is 4.31 Å². The van der Waals surface area contributed by atoms with Crippen molar-refractivity contribution in [2.75, 3.05) is 24.5 Å². The minimum absolute atomic E-state index is 0.0133. The molecular weight excluding hydrogens is 366 g/mol. The third kappa shape index (κ3) is 3.87. The van der Waals surface area contributed by atoms with Crippen LogP contribution in [0.1, 0.15) is 44.1 Å². The van der Waals surface area contributed by atoms with Crippen molar-refractivity contribution >= 4 is 27.5 Å². The Morgan fingerprint density at radius 1 is 1.11 bits per heavy atom. The molecule has 0 atom stereocenters. The van der Waals surface area contributed by atoms with E-state index in [0.29, 0.717) is 25.2 Å². The van der Waals surface area contributed by atoms with E-state index in [1.807, 2.05) is 0 Å². The summed E-state index contributed by atoms with van der Waals surface area (Å²) in [6.45, 7) is 1.11. The lowest BCUT2D eigenvalue weighted by molar-refractivity contribution is -0.124. The van der Waals surface area contributed by atoms with Gasteiger partial charge in [0.05, 0.1) is 4.90 Å². The van der Waals surface area contributed by atoms with E-state index in [2.05, 4.69) is 5.32 Å². The van der Waals surface area contributed by atoms with Gasteiger partial charge in [0.15, 0.2) is 0 Å². The zero-order valence-electron chi connectivity index (χ0n) is 15.3. The predicted molar refractivity (Wildman–Crippen MR) is 101 cm³/mol. The summed E-state index contributed by atoms with van der Waals surface area (Å²) in [5.41, 5.74) is 1.46. The van der Waals surface area contributed by atoms with Gasteiger partial charge in [-0.05, 0) is 55.9 Å². The average Bonchev–Trinajstić information content (AvgIpc) is 3.48. The highest BCUT2D eigenvalue weighted by atomic mass is 32.2. The van der Waals surface area contributed by atoms with Crippen LogP contribution in [0.5, 0.6) is 0 Å². The van der Waals surface area contributed by atoms with Crippen molar-refractivity contribution in [2.24, 2.45) is 0 Å². The molecule has 2 aliphatic heterocycles. The third-order valence-electron chi connectivity index (χ3n) is 5.45. The molecule has 0 unspecified atom stereocenters. The Morgan fingerprint density at radius 3 is 2.56 bits per heavy atom. The topological polar surface area (TPSA) is 86.8 Å². The molecule has 146 valence electrons. The standard InChI is InChI=1S/C19H25N3O4S/c23-18(20-15-5-6-15)13-22-17-8-7-16(12-14(17)4-9-19(22)24)27(25,26)21-10-2-1-3-11-21/h7-8,12,15H,1-6,9-11,13H2,(H,20,23). The number of fused-ring (bicyclic) bond motifs is 1. The van der Waals surface area contributed by atoms with E-state index in [1.165, 1.54) is 4.90 Å². The van der Waals surface area contributed by atoms with Crippen molar-refractivity contribution < 1.29 is 18.0 Å². The lowest BCUT2D eigenvalue weighted by Crippen LogP contribution is -2.43. The van der Waals surface area contributed by atoms with Crippen LogP contribution in [-0.4, -0.2) is 50.2 Å². The molecule has 0 spiro atoms. The smallest absolute Gasteiger partial charge is 0.243 e. The van der Waals surface area contributed by atoms with E-state index in [9.17, 15) is 18.0 Å². The molecule has 1 aromatic carbocycles. The molecule has 1 aromatic rings. The third-order valence-corrected chi connectivity index (χ3v) is 7.34. The van der Waals surface area contributed by atoms with E-state index in [0.717, 1.165) is 37.7 Å². The molecule has 1 N–H and O–H groups in total. The van der Waals surface area contributed by atoms with E-state index in [-0.39, 0.29) is 35.7 Å². The Labute approximate surface area is 159 Å². The van der Waals surface area contributed by atoms with E-state index in [4.69, 9.17) is 0 Å². The first kappa shape index (κ1) is 18.4.